The summed E-state index contributed by atoms with van der Waals surface area (Å²) in [7, 11) is 0. The van der Waals surface area contributed by atoms with E-state index in [1.807, 2.05) is 19.2 Å². The van der Waals surface area contributed by atoms with Crippen LogP contribution < -0.4 is 5.73 Å². The number of hydrogen-bond donors (Lipinski definition) is 1. The lowest BCUT2D eigenvalue weighted by molar-refractivity contribution is -0.385. The minimum Gasteiger partial charge on any atom is -0.324 e. The molecule has 2 aromatic rings. The summed E-state index contributed by atoms with van der Waals surface area (Å²) in [6.45, 7) is 4.14. The molecule has 2 N–H and O–H groups in total. The second kappa shape index (κ2) is 5.19. The maximum absolute atomic E-state index is 10.9. The van der Waals surface area contributed by atoms with Crippen LogP contribution in [0.1, 0.15) is 29.7 Å². The minimum atomic E-state index is -0.366. The number of nitro benzene ring substituents is 1. The van der Waals surface area contributed by atoms with Crippen LogP contribution in [0, 0.1) is 17.0 Å². The summed E-state index contributed by atoms with van der Waals surface area (Å²) in [6, 6.07) is 5.00. The Bertz CT molecular complexity index is 604. The molecule has 1 heterocycles. The van der Waals surface area contributed by atoms with Crippen molar-refractivity contribution >= 4 is 5.69 Å². The standard InChI is InChI=1S/C13H16N4O2/c1-9-11(4-3-5-13(9)17(18)19)7-16-8-12(6-15-16)10(2)14/h3-6,8,10H,7,14H2,1-2H3. The maximum Gasteiger partial charge on any atom is 0.272 e. The molecule has 1 unspecified atom stereocenters. The van der Waals surface area contributed by atoms with Crippen molar-refractivity contribution in [3.05, 3.63) is 57.4 Å². The first-order valence-corrected chi connectivity index (χ1v) is 6.00. The molecule has 0 spiro atoms. The monoisotopic (exact) mass is 260 g/mol. The normalized spacial score (nSPS) is 12.4. The average molecular weight is 260 g/mol. The van der Waals surface area contributed by atoms with Gasteiger partial charge in [0.15, 0.2) is 0 Å². The molecule has 0 aliphatic heterocycles. The van der Waals surface area contributed by atoms with E-state index in [0.29, 0.717) is 12.1 Å². The van der Waals surface area contributed by atoms with Crippen molar-refractivity contribution in [2.24, 2.45) is 5.73 Å². The van der Waals surface area contributed by atoms with Gasteiger partial charge in [0.05, 0.1) is 17.7 Å². The third kappa shape index (κ3) is 2.79. The first kappa shape index (κ1) is 13.2. The Labute approximate surface area is 111 Å². The Kier molecular flexibility index (Phi) is 3.62. The summed E-state index contributed by atoms with van der Waals surface area (Å²) in [5, 5.41) is 15.1. The molecule has 0 amide bonds. The van der Waals surface area contributed by atoms with Gasteiger partial charge in [-0.3, -0.25) is 14.8 Å². The Morgan fingerprint density at radius 3 is 2.84 bits per heavy atom. The van der Waals surface area contributed by atoms with Crippen molar-refractivity contribution in [1.29, 1.82) is 0 Å². The molecule has 0 saturated carbocycles. The fourth-order valence-corrected chi connectivity index (χ4v) is 1.91. The third-order valence-corrected chi connectivity index (χ3v) is 3.13. The maximum atomic E-state index is 10.9. The van der Waals surface area contributed by atoms with Crippen LogP contribution in [0.15, 0.2) is 30.6 Å². The van der Waals surface area contributed by atoms with Gasteiger partial charge in [-0.15, -0.1) is 0 Å². The highest BCUT2D eigenvalue weighted by molar-refractivity contribution is 5.44. The number of nitrogens with two attached hydrogens (primary N) is 1. The lowest BCUT2D eigenvalue weighted by Gasteiger charge is -2.06. The molecule has 0 aliphatic rings. The Morgan fingerprint density at radius 2 is 2.26 bits per heavy atom. The van der Waals surface area contributed by atoms with Crippen LogP contribution in [-0.2, 0) is 6.54 Å². The van der Waals surface area contributed by atoms with E-state index in [1.54, 1.807) is 23.9 Å². The highest BCUT2D eigenvalue weighted by Crippen LogP contribution is 2.21. The molecule has 19 heavy (non-hydrogen) atoms. The van der Waals surface area contributed by atoms with Gasteiger partial charge < -0.3 is 5.73 Å². The zero-order chi connectivity index (χ0) is 14.0. The molecule has 0 fully saturated rings. The van der Waals surface area contributed by atoms with Gasteiger partial charge in [-0.2, -0.15) is 5.10 Å². The predicted molar refractivity (Wildman–Crippen MR) is 71.8 cm³/mol. The minimum absolute atomic E-state index is 0.0695. The number of hydrogen-bond acceptors (Lipinski definition) is 4. The van der Waals surface area contributed by atoms with Gasteiger partial charge in [0.1, 0.15) is 0 Å². The summed E-state index contributed by atoms with van der Waals surface area (Å²) in [6.07, 6.45) is 3.58. The molecule has 6 nitrogen and oxygen atoms in total. The molecule has 0 radical (unpaired) electrons. The number of benzene rings is 1. The first-order valence-electron chi connectivity index (χ1n) is 6.00. The van der Waals surface area contributed by atoms with E-state index in [2.05, 4.69) is 5.10 Å². The number of rotatable bonds is 4. The number of aromatic nitrogens is 2. The first-order chi connectivity index (χ1) is 8.99. The lowest BCUT2D eigenvalue weighted by atomic mass is 10.1. The van der Waals surface area contributed by atoms with Crippen LogP contribution >= 0.6 is 0 Å². The molecular weight excluding hydrogens is 244 g/mol. The van der Waals surface area contributed by atoms with Gasteiger partial charge in [-0.1, -0.05) is 12.1 Å². The molecule has 0 saturated heterocycles. The van der Waals surface area contributed by atoms with E-state index in [1.165, 1.54) is 6.07 Å². The summed E-state index contributed by atoms with van der Waals surface area (Å²) in [4.78, 5) is 10.5. The molecule has 1 aromatic heterocycles. The van der Waals surface area contributed by atoms with Gasteiger partial charge in [0.2, 0.25) is 0 Å². The van der Waals surface area contributed by atoms with Crippen molar-refractivity contribution < 1.29 is 4.92 Å². The number of nitrogens with zero attached hydrogens (tertiary/aromatic N) is 3. The van der Waals surface area contributed by atoms with Crippen molar-refractivity contribution in [1.82, 2.24) is 9.78 Å². The molecule has 2 rings (SSSR count). The Hall–Kier alpha value is -2.21. The molecule has 0 bridgehead atoms. The molecule has 6 heteroatoms. The SMILES string of the molecule is Cc1c(Cn2cc(C(C)N)cn2)cccc1[N+](=O)[O-]. The zero-order valence-electron chi connectivity index (χ0n) is 10.9. The third-order valence-electron chi connectivity index (χ3n) is 3.13. The van der Waals surface area contributed by atoms with Crippen LogP contribution in [0.3, 0.4) is 0 Å². The molecule has 0 aliphatic carbocycles. The van der Waals surface area contributed by atoms with Gasteiger partial charge >= 0.3 is 0 Å². The highest BCUT2D eigenvalue weighted by atomic mass is 16.6. The van der Waals surface area contributed by atoms with Gasteiger partial charge in [-0.05, 0) is 19.4 Å². The fraction of sp³-hybridized carbons (Fsp3) is 0.308. The lowest BCUT2D eigenvalue weighted by Crippen LogP contribution is -2.05. The summed E-state index contributed by atoms with van der Waals surface area (Å²) in [5.41, 5.74) is 8.41. The summed E-state index contributed by atoms with van der Waals surface area (Å²) < 4.78 is 1.74. The zero-order valence-corrected chi connectivity index (χ0v) is 10.9. The van der Waals surface area contributed by atoms with Crippen molar-refractivity contribution in [3.63, 3.8) is 0 Å². The topological polar surface area (TPSA) is 87.0 Å². The van der Waals surface area contributed by atoms with Crippen molar-refractivity contribution in [2.75, 3.05) is 0 Å². The molecule has 100 valence electrons. The van der Waals surface area contributed by atoms with Crippen molar-refractivity contribution in [3.8, 4) is 0 Å². The van der Waals surface area contributed by atoms with Crippen LogP contribution in [0.2, 0.25) is 0 Å². The van der Waals surface area contributed by atoms with E-state index >= 15 is 0 Å². The molecule has 1 aromatic carbocycles. The highest BCUT2D eigenvalue weighted by Gasteiger charge is 2.13. The number of nitro groups is 1. The van der Waals surface area contributed by atoms with E-state index in [-0.39, 0.29) is 16.7 Å². The smallest absolute Gasteiger partial charge is 0.272 e. The van der Waals surface area contributed by atoms with E-state index < -0.39 is 0 Å². The van der Waals surface area contributed by atoms with E-state index in [9.17, 15) is 10.1 Å². The molecule has 1 atom stereocenters. The second-order valence-electron chi connectivity index (χ2n) is 4.58. The van der Waals surface area contributed by atoms with Crippen LogP contribution in [0.25, 0.3) is 0 Å². The quantitative estimate of drug-likeness (QED) is 0.674. The predicted octanol–water partition coefficient (Wildman–Crippen LogP) is 2.17. The summed E-state index contributed by atoms with van der Waals surface area (Å²) in [5.74, 6) is 0. The van der Waals surface area contributed by atoms with Crippen LogP contribution in [0.4, 0.5) is 5.69 Å². The van der Waals surface area contributed by atoms with E-state index in [4.69, 9.17) is 5.73 Å². The van der Waals surface area contributed by atoms with E-state index in [0.717, 1.165) is 11.1 Å². The average Bonchev–Trinajstić information content (AvgIpc) is 2.80. The molecular formula is C13H16N4O2. The van der Waals surface area contributed by atoms with Gasteiger partial charge in [-0.25, -0.2) is 0 Å². The largest absolute Gasteiger partial charge is 0.324 e. The van der Waals surface area contributed by atoms with Crippen LogP contribution in [0.5, 0.6) is 0 Å². The Balaban J connectivity index is 2.28. The van der Waals surface area contributed by atoms with Gasteiger partial charge in [0, 0.05) is 29.4 Å². The Morgan fingerprint density at radius 1 is 1.53 bits per heavy atom. The van der Waals surface area contributed by atoms with Gasteiger partial charge in [0.25, 0.3) is 5.69 Å². The van der Waals surface area contributed by atoms with Crippen molar-refractivity contribution in [2.45, 2.75) is 26.4 Å². The second-order valence-corrected chi connectivity index (χ2v) is 4.58. The fourth-order valence-electron chi connectivity index (χ4n) is 1.91. The summed E-state index contributed by atoms with van der Waals surface area (Å²) >= 11 is 0. The van der Waals surface area contributed by atoms with Crippen LogP contribution in [-0.4, -0.2) is 14.7 Å².